The second kappa shape index (κ2) is 7.89. The summed E-state index contributed by atoms with van der Waals surface area (Å²) < 4.78 is 4.43. The summed E-state index contributed by atoms with van der Waals surface area (Å²) in [5, 5.41) is 12.0. The molecule has 0 aliphatic carbocycles. The first-order valence-electron chi connectivity index (χ1n) is 5.61. The number of ether oxygens (including phenoxy) is 1. The summed E-state index contributed by atoms with van der Waals surface area (Å²) in [5.74, 6) is -1.29. The summed E-state index contributed by atoms with van der Waals surface area (Å²) in [6.45, 7) is -0.551. The quantitative estimate of drug-likeness (QED) is 0.639. The number of methoxy groups -OCH3 is 1. The number of hydrogen-bond donors (Lipinski definition) is 2. The van der Waals surface area contributed by atoms with Gasteiger partial charge in [-0.15, -0.1) is 0 Å². The van der Waals surface area contributed by atoms with Gasteiger partial charge in [0.15, 0.2) is 6.04 Å². The van der Waals surface area contributed by atoms with Gasteiger partial charge in [0, 0.05) is 6.08 Å². The van der Waals surface area contributed by atoms with Crippen LogP contribution >= 0.6 is 23.2 Å². The van der Waals surface area contributed by atoms with Crippen LogP contribution in [0.4, 0.5) is 0 Å². The molecule has 7 heteroatoms. The molecule has 20 heavy (non-hydrogen) atoms. The Morgan fingerprint density at radius 2 is 2.15 bits per heavy atom. The lowest BCUT2D eigenvalue weighted by Gasteiger charge is -2.12. The van der Waals surface area contributed by atoms with Crippen LogP contribution in [0.3, 0.4) is 0 Å². The van der Waals surface area contributed by atoms with E-state index in [1.54, 1.807) is 18.2 Å². The van der Waals surface area contributed by atoms with Crippen LogP contribution in [0.2, 0.25) is 10.0 Å². The van der Waals surface area contributed by atoms with Gasteiger partial charge >= 0.3 is 5.97 Å². The van der Waals surface area contributed by atoms with Gasteiger partial charge in [-0.3, -0.25) is 4.79 Å². The van der Waals surface area contributed by atoms with Gasteiger partial charge in [-0.2, -0.15) is 0 Å². The van der Waals surface area contributed by atoms with Crippen molar-refractivity contribution in [1.82, 2.24) is 5.32 Å². The van der Waals surface area contributed by atoms with E-state index in [4.69, 9.17) is 28.3 Å². The largest absolute Gasteiger partial charge is 0.467 e. The van der Waals surface area contributed by atoms with Gasteiger partial charge in [0.1, 0.15) is 0 Å². The number of halogens is 2. The highest BCUT2D eigenvalue weighted by molar-refractivity contribution is 6.42. The van der Waals surface area contributed by atoms with Crippen molar-refractivity contribution in [3.8, 4) is 0 Å². The predicted octanol–water partition coefficient (Wildman–Crippen LogP) is 1.66. The third-order valence-corrected chi connectivity index (χ3v) is 3.21. The fourth-order valence-corrected chi connectivity index (χ4v) is 1.73. The number of rotatable bonds is 5. The summed E-state index contributed by atoms with van der Waals surface area (Å²) in [6, 6.07) is 3.89. The fourth-order valence-electron chi connectivity index (χ4n) is 1.36. The summed E-state index contributed by atoms with van der Waals surface area (Å²) in [7, 11) is 1.17. The highest BCUT2D eigenvalue weighted by Crippen LogP contribution is 2.26. The summed E-state index contributed by atoms with van der Waals surface area (Å²) in [6.07, 6.45) is 2.64. The number of nitrogens with one attached hydrogen (secondary N) is 1. The molecule has 0 saturated carbocycles. The average molecular weight is 318 g/mol. The van der Waals surface area contributed by atoms with Crippen molar-refractivity contribution >= 4 is 41.2 Å². The molecule has 0 aliphatic rings. The number of aliphatic hydroxyl groups excluding tert-OH is 1. The Morgan fingerprint density at radius 1 is 1.45 bits per heavy atom. The lowest BCUT2D eigenvalue weighted by Crippen LogP contribution is -2.43. The fraction of sp³-hybridized carbons (Fsp3) is 0.231. The van der Waals surface area contributed by atoms with Crippen LogP contribution in [0.25, 0.3) is 6.08 Å². The number of hydrogen-bond acceptors (Lipinski definition) is 4. The van der Waals surface area contributed by atoms with Crippen molar-refractivity contribution in [3.63, 3.8) is 0 Å². The van der Waals surface area contributed by atoms with E-state index in [2.05, 4.69) is 10.1 Å². The van der Waals surface area contributed by atoms with Crippen LogP contribution in [0, 0.1) is 0 Å². The Morgan fingerprint density at radius 3 is 2.75 bits per heavy atom. The van der Waals surface area contributed by atoms with Crippen LogP contribution in [0.1, 0.15) is 5.56 Å². The minimum absolute atomic E-state index is 0.324. The van der Waals surface area contributed by atoms with Crippen molar-refractivity contribution < 1.29 is 19.4 Å². The van der Waals surface area contributed by atoms with Gasteiger partial charge in [0.25, 0.3) is 0 Å². The highest BCUT2D eigenvalue weighted by atomic mass is 35.5. The van der Waals surface area contributed by atoms with E-state index in [1.165, 1.54) is 19.3 Å². The third-order valence-electron chi connectivity index (χ3n) is 2.38. The monoisotopic (exact) mass is 317 g/mol. The first-order chi connectivity index (χ1) is 9.49. The smallest absolute Gasteiger partial charge is 0.330 e. The van der Waals surface area contributed by atoms with E-state index in [-0.39, 0.29) is 0 Å². The molecule has 0 spiro atoms. The minimum atomic E-state index is -1.10. The summed E-state index contributed by atoms with van der Waals surface area (Å²) >= 11 is 11.8. The molecule has 108 valence electrons. The first-order valence-corrected chi connectivity index (χ1v) is 6.36. The van der Waals surface area contributed by atoms with Crippen LogP contribution < -0.4 is 5.32 Å². The van der Waals surface area contributed by atoms with Gasteiger partial charge in [0.2, 0.25) is 5.91 Å². The molecular weight excluding hydrogens is 305 g/mol. The molecule has 1 rings (SSSR count). The second-order valence-corrected chi connectivity index (χ2v) is 4.53. The molecular formula is C13H13Cl2NO4. The van der Waals surface area contributed by atoms with Gasteiger partial charge in [-0.05, 0) is 17.7 Å². The normalized spacial score (nSPS) is 12.2. The van der Waals surface area contributed by atoms with Crippen molar-refractivity contribution in [2.45, 2.75) is 6.04 Å². The van der Waals surface area contributed by atoms with E-state index in [1.807, 2.05) is 0 Å². The zero-order valence-corrected chi connectivity index (χ0v) is 12.1. The zero-order valence-electron chi connectivity index (χ0n) is 10.6. The lowest BCUT2D eigenvalue weighted by molar-refractivity contribution is -0.145. The third kappa shape index (κ3) is 4.52. The Balaban J connectivity index is 2.72. The van der Waals surface area contributed by atoms with Crippen molar-refractivity contribution in [2.24, 2.45) is 0 Å². The number of carbonyl (C=O) groups is 2. The maximum Gasteiger partial charge on any atom is 0.330 e. The number of esters is 1. The molecule has 1 unspecified atom stereocenters. The molecule has 1 amide bonds. The Labute approximate surface area is 126 Å². The van der Waals surface area contributed by atoms with E-state index >= 15 is 0 Å². The average Bonchev–Trinajstić information content (AvgIpc) is 2.45. The summed E-state index contributed by atoms with van der Waals surface area (Å²) in [4.78, 5) is 22.8. The molecule has 0 aliphatic heterocycles. The van der Waals surface area contributed by atoms with E-state index in [9.17, 15) is 9.59 Å². The first kappa shape index (κ1) is 16.5. The van der Waals surface area contributed by atoms with Crippen molar-refractivity contribution in [3.05, 3.63) is 39.9 Å². The predicted molar refractivity (Wildman–Crippen MR) is 76.5 cm³/mol. The van der Waals surface area contributed by atoms with E-state index in [0.717, 1.165) is 0 Å². The van der Waals surface area contributed by atoms with Crippen LogP contribution in [0.15, 0.2) is 24.3 Å². The molecule has 1 atom stereocenters. The molecule has 0 saturated heterocycles. The number of aliphatic hydroxyl groups is 1. The molecule has 0 fully saturated rings. The number of carbonyl (C=O) groups excluding carboxylic acids is 2. The molecule has 1 aromatic rings. The van der Waals surface area contributed by atoms with E-state index in [0.29, 0.717) is 15.6 Å². The summed E-state index contributed by atoms with van der Waals surface area (Å²) in [5.41, 5.74) is 0.563. The van der Waals surface area contributed by atoms with Gasteiger partial charge < -0.3 is 15.2 Å². The van der Waals surface area contributed by atoms with Gasteiger partial charge in [-0.25, -0.2) is 4.79 Å². The van der Waals surface area contributed by atoms with Gasteiger partial charge in [0.05, 0.1) is 23.8 Å². The van der Waals surface area contributed by atoms with Crippen LogP contribution in [0.5, 0.6) is 0 Å². The van der Waals surface area contributed by atoms with E-state index < -0.39 is 24.5 Å². The molecule has 0 bridgehead atoms. The Hall–Kier alpha value is -1.56. The molecule has 0 heterocycles. The number of amides is 1. The Bertz CT molecular complexity index is 531. The molecule has 0 aromatic heterocycles. The molecule has 5 nitrogen and oxygen atoms in total. The second-order valence-electron chi connectivity index (χ2n) is 3.74. The molecule has 0 radical (unpaired) electrons. The maximum atomic E-state index is 11.6. The number of benzene rings is 1. The minimum Gasteiger partial charge on any atom is -0.467 e. The SMILES string of the molecule is COC(=O)C(CO)NC(=O)/C=C/c1cccc(Cl)c1Cl. The van der Waals surface area contributed by atoms with Crippen molar-refractivity contribution in [1.29, 1.82) is 0 Å². The highest BCUT2D eigenvalue weighted by Gasteiger charge is 2.19. The maximum absolute atomic E-state index is 11.6. The zero-order chi connectivity index (χ0) is 15.1. The van der Waals surface area contributed by atoms with Gasteiger partial charge in [-0.1, -0.05) is 35.3 Å². The topological polar surface area (TPSA) is 75.6 Å². The molecule has 2 N–H and O–H groups in total. The lowest BCUT2D eigenvalue weighted by atomic mass is 10.2. The van der Waals surface area contributed by atoms with Crippen molar-refractivity contribution in [2.75, 3.05) is 13.7 Å². The van der Waals surface area contributed by atoms with Crippen LogP contribution in [-0.4, -0.2) is 36.7 Å². The Kier molecular flexibility index (Phi) is 6.51. The molecule has 1 aromatic carbocycles. The van der Waals surface area contributed by atoms with Crippen LogP contribution in [-0.2, 0) is 14.3 Å². The standard InChI is InChI=1S/C13H13Cl2NO4/c1-20-13(19)10(7-17)16-11(18)6-5-8-3-2-4-9(14)12(8)15/h2-6,10,17H,7H2,1H3,(H,16,18)/b6-5+.